The van der Waals surface area contributed by atoms with Gasteiger partial charge in [-0.3, -0.25) is 4.84 Å². The summed E-state index contributed by atoms with van der Waals surface area (Å²) in [4.78, 5) is 6.37. The number of nitrogens with two attached hydrogens (primary N) is 1. The second-order valence-electron chi connectivity index (χ2n) is 2.77. The summed E-state index contributed by atoms with van der Waals surface area (Å²) in [6.45, 7) is 0.0976. The van der Waals surface area contributed by atoms with Crippen molar-refractivity contribution in [3.05, 3.63) is 29.8 Å². The number of rotatable bonds is 5. The maximum atomic E-state index is 10.4. The third kappa shape index (κ3) is 5.66. The molecule has 0 fully saturated rings. The molecule has 0 bridgehead atoms. The molecule has 16 heavy (non-hydrogen) atoms. The van der Waals surface area contributed by atoms with E-state index in [1.807, 2.05) is 0 Å². The zero-order chi connectivity index (χ0) is 11.3. The van der Waals surface area contributed by atoms with Crippen LogP contribution in [0.2, 0.25) is 0 Å². The van der Waals surface area contributed by atoms with Gasteiger partial charge in [-0.25, -0.2) is 5.14 Å². The van der Waals surface area contributed by atoms with Crippen LogP contribution in [0.5, 0.6) is 5.75 Å². The van der Waals surface area contributed by atoms with E-state index >= 15 is 0 Å². The van der Waals surface area contributed by atoms with Gasteiger partial charge in [-0.05, 0) is 17.7 Å². The molecule has 0 aliphatic heterocycles. The van der Waals surface area contributed by atoms with Gasteiger partial charge >= 0.3 is 0 Å². The van der Waals surface area contributed by atoms with Crippen molar-refractivity contribution in [1.29, 1.82) is 0 Å². The molecule has 6 nitrogen and oxygen atoms in total. The van der Waals surface area contributed by atoms with Crippen molar-refractivity contribution >= 4 is 10.2 Å². The van der Waals surface area contributed by atoms with E-state index in [0.717, 1.165) is 11.3 Å². The SMILES string of the molecule is C.COc1ccc(CONS(N)(=O)=O)cc1. The average molecular weight is 248 g/mol. The van der Waals surface area contributed by atoms with Crippen LogP contribution in [0.15, 0.2) is 24.3 Å². The molecule has 0 spiro atoms. The van der Waals surface area contributed by atoms with E-state index in [2.05, 4.69) is 9.98 Å². The van der Waals surface area contributed by atoms with Crippen LogP contribution in [-0.4, -0.2) is 15.5 Å². The second-order valence-corrected chi connectivity index (χ2v) is 4.02. The quantitative estimate of drug-likeness (QED) is 0.745. The molecule has 1 rings (SSSR count). The van der Waals surface area contributed by atoms with E-state index in [4.69, 9.17) is 4.74 Å². The summed E-state index contributed by atoms with van der Waals surface area (Å²) in [6.07, 6.45) is 0. The van der Waals surface area contributed by atoms with Gasteiger partial charge in [-0.15, -0.1) is 0 Å². The Morgan fingerprint density at radius 2 is 1.88 bits per heavy atom. The highest BCUT2D eigenvalue weighted by atomic mass is 32.2. The van der Waals surface area contributed by atoms with Gasteiger partial charge in [0.2, 0.25) is 0 Å². The summed E-state index contributed by atoms with van der Waals surface area (Å²) in [5, 5.41) is 4.66. The van der Waals surface area contributed by atoms with Gasteiger partial charge in [0.25, 0.3) is 10.2 Å². The minimum atomic E-state index is -3.80. The van der Waals surface area contributed by atoms with Crippen molar-refractivity contribution in [2.45, 2.75) is 14.0 Å². The van der Waals surface area contributed by atoms with Gasteiger partial charge in [0, 0.05) is 0 Å². The first-order valence-corrected chi connectivity index (χ1v) is 5.60. The third-order valence-electron chi connectivity index (χ3n) is 1.57. The van der Waals surface area contributed by atoms with Crippen LogP contribution in [0.25, 0.3) is 0 Å². The molecule has 0 saturated heterocycles. The van der Waals surface area contributed by atoms with Crippen LogP contribution in [-0.2, 0) is 21.7 Å². The lowest BCUT2D eigenvalue weighted by atomic mass is 10.2. The summed E-state index contributed by atoms with van der Waals surface area (Å²) >= 11 is 0. The fourth-order valence-corrected chi connectivity index (χ4v) is 1.14. The van der Waals surface area contributed by atoms with E-state index in [9.17, 15) is 8.42 Å². The van der Waals surface area contributed by atoms with Crippen molar-refractivity contribution in [3.8, 4) is 5.75 Å². The van der Waals surface area contributed by atoms with Gasteiger partial charge in [-0.2, -0.15) is 8.42 Å². The second kappa shape index (κ2) is 6.44. The smallest absolute Gasteiger partial charge is 0.296 e. The average Bonchev–Trinajstić information content (AvgIpc) is 2.17. The largest absolute Gasteiger partial charge is 0.497 e. The minimum absolute atomic E-state index is 0. The zero-order valence-electron chi connectivity index (χ0n) is 8.14. The monoisotopic (exact) mass is 248 g/mol. The standard InChI is InChI=1S/C8H12N2O4S.CH4/c1-13-8-4-2-7(3-5-8)6-14-10-15(9,11)12;/h2-5,10H,6H2,1H3,(H2,9,11,12);1H4. The summed E-state index contributed by atoms with van der Waals surface area (Å²) in [5.41, 5.74) is 0.798. The Morgan fingerprint density at radius 1 is 1.31 bits per heavy atom. The van der Waals surface area contributed by atoms with Gasteiger partial charge in [-0.1, -0.05) is 24.4 Å². The van der Waals surface area contributed by atoms with E-state index in [1.54, 1.807) is 36.3 Å². The van der Waals surface area contributed by atoms with Crippen molar-refractivity contribution in [2.75, 3.05) is 7.11 Å². The van der Waals surface area contributed by atoms with Crippen molar-refractivity contribution in [3.63, 3.8) is 0 Å². The predicted molar refractivity (Wildman–Crippen MR) is 60.8 cm³/mol. The molecule has 0 heterocycles. The molecule has 7 heteroatoms. The molecular weight excluding hydrogens is 232 g/mol. The molecule has 0 saturated carbocycles. The summed E-state index contributed by atoms with van der Waals surface area (Å²) in [5.74, 6) is 0.721. The molecule has 92 valence electrons. The molecule has 0 radical (unpaired) electrons. The van der Waals surface area contributed by atoms with E-state index in [1.165, 1.54) is 0 Å². The highest BCUT2D eigenvalue weighted by molar-refractivity contribution is 7.87. The number of hydrogen-bond donors (Lipinski definition) is 2. The lowest BCUT2D eigenvalue weighted by Gasteiger charge is -2.04. The Bertz CT molecular complexity index is 402. The third-order valence-corrected chi connectivity index (χ3v) is 1.92. The van der Waals surface area contributed by atoms with Crippen molar-refractivity contribution in [2.24, 2.45) is 5.14 Å². The molecule has 0 amide bonds. The fraction of sp³-hybridized carbons (Fsp3) is 0.333. The van der Waals surface area contributed by atoms with Crippen LogP contribution in [0.3, 0.4) is 0 Å². The van der Waals surface area contributed by atoms with Gasteiger partial charge in [0.15, 0.2) is 0 Å². The maximum absolute atomic E-state index is 10.4. The Balaban J connectivity index is 0.00000225. The first-order chi connectivity index (χ1) is 7.01. The first-order valence-electron chi connectivity index (χ1n) is 4.05. The van der Waals surface area contributed by atoms with Gasteiger partial charge in [0.05, 0.1) is 13.7 Å². The van der Waals surface area contributed by atoms with Crippen LogP contribution in [0.4, 0.5) is 0 Å². The van der Waals surface area contributed by atoms with Crippen LogP contribution < -0.4 is 14.8 Å². The number of nitrogens with one attached hydrogen (secondary N) is 1. The van der Waals surface area contributed by atoms with Gasteiger partial charge < -0.3 is 4.74 Å². The van der Waals surface area contributed by atoms with Crippen molar-refractivity contribution < 1.29 is 18.0 Å². The maximum Gasteiger partial charge on any atom is 0.296 e. The van der Waals surface area contributed by atoms with Crippen LogP contribution in [0, 0.1) is 0 Å². The highest BCUT2D eigenvalue weighted by Gasteiger charge is 2.00. The molecule has 0 unspecified atom stereocenters. The summed E-state index contributed by atoms with van der Waals surface area (Å²) < 4.78 is 25.8. The van der Waals surface area contributed by atoms with Crippen LogP contribution >= 0.6 is 0 Å². The van der Waals surface area contributed by atoms with E-state index in [0.29, 0.717) is 0 Å². The molecule has 3 N–H and O–H groups in total. The number of benzene rings is 1. The molecule has 0 aromatic heterocycles. The Hall–Kier alpha value is -1.15. The molecule has 0 aliphatic carbocycles. The lowest BCUT2D eigenvalue weighted by Crippen LogP contribution is -2.30. The number of methoxy groups -OCH3 is 1. The summed E-state index contributed by atoms with van der Waals surface area (Å²) in [6, 6.07) is 7.00. The Kier molecular flexibility index (Phi) is 5.97. The normalized spacial score (nSPS) is 10.6. The zero-order valence-corrected chi connectivity index (χ0v) is 8.95. The number of ether oxygens (including phenoxy) is 1. The van der Waals surface area contributed by atoms with Gasteiger partial charge in [0.1, 0.15) is 5.75 Å². The van der Waals surface area contributed by atoms with E-state index in [-0.39, 0.29) is 14.0 Å². The highest BCUT2D eigenvalue weighted by Crippen LogP contribution is 2.11. The fourth-order valence-electron chi connectivity index (χ4n) is 0.917. The first kappa shape index (κ1) is 14.8. The lowest BCUT2D eigenvalue weighted by molar-refractivity contribution is 0.0795. The van der Waals surface area contributed by atoms with E-state index < -0.39 is 10.2 Å². The minimum Gasteiger partial charge on any atom is -0.497 e. The van der Waals surface area contributed by atoms with Crippen LogP contribution in [0.1, 0.15) is 13.0 Å². The van der Waals surface area contributed by atoms with Crippen molar-refractivity contribution in [1.82, 2.24) is 4.89 Å². The Labute approximate surface area is 95.5 Å². The summed E-state index contributed by atoms with van der Waals surface area (Å²) in [7, 11) is -2.24. The predicted octanol–water partition coefficient (Wildman–Crippen LogP) is 0.556. The molecule has 1 aromatic carbocycles. The number of hydrogen-bond acceptors (Lipinski definition) is 4. The molecule has 1 aromatic rings. The topological polar surface area (TPSA) is 90.7 Å². The molecular formula is C9H16N2O4S. The molecule has 0 aliphatic rings. The Morgan fingerprint density at radius 3 is 2.31 bits per heavy atom. The molecule has 0 atom stereocenters.